The number of ether oxygens (including phenoxy) is 2. The summed E-state index contributed by atoms with van der Waals surface area (Å²) >= 11 is 0. The maximum atomic E-state index is 12.2. The lowest BCUT2D eigenvalue weighted by Crippen LogP contribution is -2.50. The predicted octanol–water partition coefficient (Wildman–Crippen LogP) is 1.05. The third-order valence-electron chi connectivity index (χ3n) is 3.81. The van der Waals surface area contributed by atoms with E-state index in [0.717, 1.165) is 19.3 Å². The molecule has 2 fully saturated rings. The van der Waals surface area contributed by atoms with Gasteiger partial charge in [0.1, 0.15) is 5.69 Å². The molecule has 1 aliphatic heterocycles. The minimum absolute atomic E-state index is 0.0394. The summed E-state index contributed by atoms with van der Waals surface area (Å²) in [4.78, 5) is 12.2. The third kappa shape index (κ3) is 1.83. The highest BCUT2D eigenvalue weighted by Crippen LogP contribution is 2.37. The molecule has 1 amide bonds. The topological polar surface area (TPSA) is 52.5 Å². The maximum absolute atomic E-state index is 12.2. The van der Waals surface area contributed by atoms with Crippen LogP contribution in [-0.4, -0.2) is 35.5 Å². The summed E-state index contributed by atoms with van der Waals surface area (Å²) in [6, 6.07) is 3.64. The number of hydrogen-bond acceptors (Lipinski definition) is 3. The fourth-order valence-corrected chi connectivity index (χ4v) is 2.87. The maximum Gasteiger partial charge on any atom is 0.268 e. The van der Waals surface area contributed by atoms with Crippen molar-refractivity contribution in [2.75, 3.05) is 13.2 Å². The number of nitrogens with zero attached hydrogens (tertiary/aromatic N) is 1. The Hall–Kier alpha value is -1.33. The molecule has 1 saturated carbocycles. The number of carbonyl (C=O) groups is 1. The van der Waals surface area contributed by atoms with Crippen molar-refractivity contribution in [1.29, 1.82) is 0 Å². The molecule has 1 aromatic rings. The summed E-state index contributed by atoms with van der Waals surface area (Å²) in [6.45, 7) is 1.24. The molecule has 0 aromatic carbocycles. The van der Waals surface area contributed by atoms with Crippen LogP contribution in [0.4, 0.5) is 0 Å². The molecular formula is C13H18N2O3. The van der Waals surface area contributed by atoms with Crippen molar-refractivity contribution >= 4 is 5.91 Å². The lowest BCUT2D eigenvalue weighted by molar-refractivity contribution is -0.164. The second kappa shape index (κ2) is 4.40. The fraction of sp³-hybridized carbons (Fsp3) is 0.615. The van der Waals surface area contributed by atoms with E-state index in [1.54, 1.807) is 0 Å². The molecular weight excluding hydrogens is 232 g/mol. The Kier molecular flexibility index (Phi) is 2.87. The molecule has 18 heavy (non-hydrogen) atoms. The molecule has 1 spiro atoms. The van der Waals surface area contributed by atoms with Crippen molar-refractivity contribution in [2.24, 2.45) is 7.05 Å². The van der Waals surface area contributed by atoms with Crippen LogP contribution < -0.4 is 5.32 Å². The van der Waals surface area contributed by atoms with Gasteiger partial charge in [-0.1, -0.05) is 0 Å². The number of hydrogen-bond donors (Lipinski definition) is 1. The van der Waals surface area contributed by atoms with E-state index in [9.17, 15) is 4.79 Å². The first-order valence-electron chi connectivity index (χ1n) is 6.41. The molecule has 1 aliphatic carbocycles. The van der Waals surface area contributed by atoms with E-state index in [1.807, 2.05) is 29.9 Å². The van der Waals surface area contributed by atoms with Gasteiger partial charge in [0.25, 0.3) is 5.91 Å². The summed E-state index contributed by atoms with van der Waals surface area (Å²) in [5, 5.41) is 3.05. The first-order valence-corrected chi connectivity index (χ1v) is 6.41. The highest BCUT2D eigenvalue weighted by atomic mass is 16.7. The number of aryl methyl sites for hydroxylation is 1. The first kappa shape index (κ1) is 11.7. The highest BCUT2D eigenvalue weighted by molar-refractivity contribution is 5.93. The van der Waals surface area contributed by atoms with Gasteiger partial charge in [-0.05, 0) is 25.0 Å². The SMILES string of the molecule is Cn1cccc1C(=O)NC1CCCC12OCCO2. The second-order valence-corrected chi connectivity index (χ2v) is 4.93. The molecule has 2 heterocycles. The van der Waals surface area contributed by atoms with E-state index >= 15 is 0 Å². The predicted molar refractivity (Wildman–Crippen MR) is 65.2 cm³/mol. The van der Waals surface area contributed by atoms with Crippen LogP contribution in [-0.2, 0) is 16.5 Å². The van der Waals surface area contributed by atoms with Gasteiger partial charge in [0.2, 0.25) is 0 Å². The monoisotopic (exact) mass is 250 g/mol. The van der Waals surface area contributed by atoms with Gasteiger partial charge in [0.15, 0.2) is 5.79 Å². The normalized spacial score (nSPS) is 25.7. The highest BCUT2D eigenvalue weighted by Gasteiger charge is 2.48. The summed E-state index contributed by atoms with van der Waals surface area (Å²) in [5.41, 5.74) is 0.662. The summed E-state index contributed by atoms with van der Waals surface area (Å²) in [7, 11) is 1.86. The van der Waals surface area contributed by atoms with Crippen LogP contribution in [0.15, 0.2) is 18.3 Å². The van der Waals surface area contributed by atoms with Crippen LogP contribution in [0.5, 0.6) is 0 Å². The second-order valence-electron chi connectivity index (χ2n) is 4.93. The Labute approximate surface area is 106 Å². The quantitative estimate of drug-likeness (QED) is 0.853. The van der Waals surface area contributed by atoms with Crippen LogP contribution in [0.25, 0.3) is 0 Å². The van der Waals surface area contributed by atoms with E-state index in [0.29, 0.717) is 18.9 Å². The van der Waals surface area contributed by atoms with Crippen molar-refractivity contribution in [1.82, 2.24) is 9.88 Å². The van der Waals surface area contributed by atoms with Crippen molar-refractivity contribution in [3.05, 3.63) is 24.0 Å². The number of carbonyl (C=O) groups excluding carboxylic acids is 1. The number of nitrogens with one attached hydrogen (secondary N) is 1. The van der Waals surface area contributed by atoms with Gasteiger partial charge in [-0.15, -0.1) is 0 Å². The van der Waals surface area contributed by atoms with Gasteiger partial charge in [-0.25, -0.2) is 0 Å². The van der Waals surface area contributed by atoms with Crippen LogP contribution >= 0.6 is 0 Å². The molecule has 5 heteroatoms. The summed E-state index contributed by atoms with van der Waals surface area (Å²) < 4.78 is 13.3. The number of rotatable bonds is 2. The van der Waals surface area contributed by atoms with Crippen molar-refractivity contribution < 1.29 is 14.3 Å². The summed E-state index contributed by atoms with van der Waals surface area (Å²) in [6.07, 6.45) is 4.67. The molecule has 1 saturated heterocycles. The fourth-order valence-electron chi connectivity index (χ4n) is 2.87. The molecule has 1 N–H and O–H groups in total. The largest absolute Gasteiger partial charge is 0.347 e. The Bertz CT molecular complexity index is 443. The molecule has 0 bridgehead atoms. The van der Waals surface area contributed by atoms with Crippen LogP contribution in [0.3, 0.4) is 0 Å². The zero-order valence-corrected chi connectivity index (χ0v) is 10.5. The van der Waals surface area contributed by atoms with E-state index < -0.39 is 5.79 Å². The van der Waals surface area contributed by atoms with E-state index in [4.69, 9.17) is 9.47 Å². The summed E-state index contributed by atoms with van der Waals surface area (Å²) in [5.74, 6) is -0.631. The standard InChI is InChI=1S/C13H18N2O3/c1-15-7-3-4-10(15)12(16)14-11-5-2-6-13(11)17-8-9-18-13/h3-4,7,11H,2,5-6,8-9H2,1H3,(H,14,16). The van der Waals surface area contributed by atoms with Gasteiger partial charge in [-0.2, -0.15) is 0 Å². The van der Waals surface area contributed by atoms with Gasteiger partial charge in [-0.3, -0.25) is 4.79 Å². The Morgan fingerprint density at radius 1 is 1.50 bits per heavy atom. The molecule has 98 valence electrons. The minimum Gasteiger partial charge on any atom is -0.347 e. The number of aromatic nitrogens is 1. The van der Waals surface area contributed by atoms with Crippen molar-refractivity contribution in [3.8, 4) is 0 Å². The number of amides is 1. The Balaban J connectivity index is 1.73. The minimum atomic E-state index is -0.569. The van der Waals surface area contributed by atoms with Gasteiger partial charge in [0, 0.05) is 19.7 Å². The van der Waals surface area contributed by atoms with E-state index in [2.05, 4.69) is 5.32 Å². The van der Waals surface area contributed by atoms with Crippen molar-refractivity contribution in [2.45, 2.75) is 31.1 Å². The molecule has 5 nitrogen and oxygen atoms in total. The van der Waals surface area contributed by atoms with Crippen LogP contribution in [0.2, 0.25) is 0 Å². The molecule has 3 rings (SSSR count). The van der Waals surface area contributed by atoms with Gasteiger partial charge < -0.3 is 19.4 Å². The molecule has 2 aliphatic rings. The molecule has 1 atom stereocenters. The smallest absolute Gasteiger partial charge is 0.268 e. The lowest BCUT2D eigenvalue weighted by Gasteiger charge is -2.29. The average molecular weight is 250 g/mol. The Morgan fingerprint density at radius 2 is 2.28 bits per heavy atom. The van der Waals surface area contributed by atoms with E-state index in [-0.39, 0.29) is 11.9 Å². The van der Waals surface area contributed by atoms with Gasteiger partial charge in [0.05, 0.1) is 19.3 Å². The van der Waals surface area contributed by atoms with Gasteiger partial charge >= 0.3 is 0 Å². The third-order valence-corrected chi connectivity index (χ3v) is 3.81. The lowest BCUT2D eigenvalue weighted by atomic mass is 10.1. The first-order chi connectivity index (χ1) is 8.71. The zero-order chi connectivity index (χ0) is 12.6. The van der Waals surface area contributed by atoms with E-state index in [1.165, 1.54) is 0 Å². The molecule has 1 unspecified atom stereocenters. The van der Waals surface area contributed by atoms with Crippen molar-refractivity contribution in [3.63, 3.8) is 0 Å². The average Bonchev–Trinajstić information content (AvgIpc) is 3.04. The van der Waals surface area contributed by atoms with Crippen LogP contribution in [0, 0.1) is 0 Å². The molecule has 1 aromatic heterocycles. The molecule has 0 radical (unpaired) electrons. The Morgan fingerprint density at radius 3 is 2.94 bits per heavy atom. The zero-order valence-electron chi connectivity index (χ0n) is 10.5. The van der Waals surface area contributed by atoms with Crippen LogP contribution in [0.1, 0.15) is 29.8 Å².